The highest BCUT2D eigenvalue weighted by atomic mass is 15.1. The Kier molecular flexibility index (Phi) is 4.40. The van der Waals surface area contributed by atoms with Crippen molar-refractivity contribution in [3.8, 4) is 0 Å². The van der Waals surface area contributed by atoms with Gasteiger partial charge in [-0.15, -0.1) is 0 Å². The molecule has 1 fully saturated rings. The van der Waals surface area contributed by atoms with Crippen molar-refractivity contribution >= 4 is 0 Å². The molecule has 1 aromatic heterocycles. The van der Waals surface area contributed by atoms with Crippen LogP contribution in [0.1, 0.15) is 44.9 Å². The molecular weight excluding hydrogens is 198 g/mol. The van der Waals surface area contributed by atoms with Crippen molar-refractivity contribution in [2.75, 3.05) is 6.54 Å². The zero-order chi connectivity index (χ0) is 11.2. The Labute approximate surface area is 98.3 Å². The summed E-state index contributed by atoms with van der Waals surface area (Å²) in [5.41, 5.74) is 0. The third-order valence-electron chi connectivity index (χ3n) is 3.50. The maximum atomic E-state index is 4.39. The number of hydrogen-bond donors (Lipinski definition) is 1. The highest BCUT2D eigenvalue weighted by Gasteiger charge is 2.16. The van der Waals surface area contributed by atoms with E-state index in [9.17, 15) is 0 Å². The molecule has 3 nitrogen and oxygen atoms in total. The Balaban J connectivity index is 1.65. The fraction of sp³-hybridized carbons (Fsp3) is 0.769. The van der Waals surface area contributed by atoms with Gasteiger partial charge in [0.15, 0.2) is 0 Å². The Morgan fingerprint density at radius 3 is 3.06 bits per heavy atom. The number of rotatable bonds is 7. The van der Waals surface area contributed by atoms with Crippen molar-refractivity contribution in [2.45, 2.75) is 52.1 Å². The molecule has 0 amide bonds. The van der Waals surface area contributed by atoms with E-state index in [0.29, 0.717) is 0 Å². The maximum Gasteiger partial charge on any atom is 0.122 e. The van der Waals surface area contributed by atoms with Crippen LogP contribution >= 0.6 is 0 Å². The zero-order valence-electron chi connectivity index (χ0n) is 10.3. The average molecular weight is 221 g/mol. The SMILES string of the molecule is CCCn1ccnc1CNCCC1CCC1. The molecule has 1 N–H and O–H groups in total. The van der Waals surface area contributed by atoms with E-state index < -0.39 is 0 Å². The summed E-state index contributed by atoms with van der Waals surface area (Å²) >= 11 is 0. The molecular formula is C13H23N3. The molecule has 0 saturated heterocycles. The van der Waals surface area contributed by atoms with Gasteiger partial charge in [0.1, 0.15) is 5.82 Å². The molecule has 0 aliphatic heterocycles. The Hall–Kier alpha value is -0.830. The van der Waals surface area contributed by atoms with E-state index in [1.165, 1.54) is 37.9 Å². The second-order valence-electron chi connectivity index (χ2n) is 4.80. The lowest BCUT2D eigenvalue weighted by atomic mass is 9.83. The first-order chi connectivity index (χ1) is 7.90. The first kappa shape index (κ1) is 11.6. The van der Waals surface area contributed by atoms with Gasteiger partial charge in [0.25, 0.3) is 0 Å². The Morgan fingerprint density at radius 2 is 2.38 bits per heavy atom. The number of aromatic nitrogens is 2. The lowest BCUT2D eigenvalue weighted by molar-refractivity contribution is 0.291. The van der Waals surface area contributed by atoms with Crippen LogP contribution in [-0.2, 0) is 13.1 Å². The lowest BCUT2D eigenvalue weighted by Gasteiger charge is -2.25. The molecule has 1 aliphatic carbocycles. The van der Waals surface area contributed by atoms with Crippen LogP contribution in [0.25, 0.3) is 0 Å². The number of hydrogen-bond acceptors (Lipinski definition) is 2. The van der Waals surface area contributed by atoms with Gasteiger partial charge in [-0.25, -0.2) is 4.98 Å². The molecule has 1 heterocycles. The normalized spacial score (nSPS) is 16.3. The van der Waals surface area contributed by atoms with E-state index in [1.54, 1.807) is 0 Å². The summed E-state index contributed by atoms with van der Waals surface area (Å²) in [7, 11) is 0. The highest BCUT2D eigenvalue weighted by molar-refractivity contribution is 4.91. The summed E-state index contributed by atoms with van der Waals surface area (Å²) < 4.78 is 2.25. The van der Waals surface area contributed by atoms with E-state index in [1.807, 2.05) is 6.20 Å². The summed E-state index contributed by atoms with van der Waals surface area (Å²) in [5, 5.41) is 3.50. The molecule has 90 valence electrons. The number of nitrogens with one attached hydrogen (secondary N) is 1. The Bertz CT molecular complexity index is 302. The Morgan fingerprint density at radius 1 is 1.50 bits per heavy atom. The third kappa shape index (κ3) is 3.08. The van der Waals surface area contributed by atoms with Crippen molar-refractivity contribution in [2.24, 2.45) is 5.92 Å². The van der Waals surface area contributed by atoms with Gasteiger partial charge in [0, 0.05) is 18.9 Å². The van der Waals surface area contributed by atoms with E-state index in [4.69, 9.17) is 0 Å². The second-order valence-corrected chi connectivity index (χ2v) is 4.80. The molecule has 0 unspecified atom stereocenters. The highest BCUT2D eigenvalue weighted by Crippen LogP contribution is 2.28. The molecule has 0 atom stereocenters. The summed E-state index contributed by atoms with van der Waals surface area (Å²) in [6.07, 6.45) is 10.8. The van der Waals surface area contributed by atoms with Crippen LogP contribution in [0.3, 0.4) is 0 Å². The lowest BCUT2D eigenvalue weighted by Crippen LogP contribution is -2.22. The van der Waals surface area contributed by atoms with E-state index in [-0.39, 0.29) is 0 Å². The van der Waals surface area contributed by atoms with Gasteiger partial charge in [-0.1, -0.05) is 26.2 Å². The van der Waals surface area contributed by atoms with Crippen molar-refractivity contribution in [3.63, 3.8) is 0 Å². The fourth-order valence-electron chi connectivity index (χ4n) is 2.24. The standard InChI is InChI=1S/C13H23N3/c1-2-9-16-10-8-15-13(16)11-14-7-6-12-4-3-5-12/h8,10,12,14H,2-7,9,11H2,1H3. The maximum absolute atomic E-state index is 4.39. The van der Waals surface area contributed by atoms with E-state index in [0.717, 1.165) is 25.6 Å². The first-order valence-electron chi connectivity index (χ1n) is 6.61. The van der Waals surface area contributed by atoms with Crippen molar-refractivity contribution in [1.82, 2.24) is 14.9 Å². The molecule has 2 rings (SSSR count). The number of nitrogens with zero attached hydrogens (tertiary/aromatic N) is 2. The van der Waals surface area contributed by atoms with Gasteiger partial charge in [0.05, 0.1) is 6.54 Å². The minimum atomic E-state index is 0.916. The predicted octanol–water partition coefficient (Wildman–Crippen LogP) is 2.57. The summed E-state index contributed by atoms with van der Waals surface area (Å²) in [4.78, 5) is 4.39. The summed E-state index contributed by atoms with van der Waals surface area (Å²) in [6, 6.07) is 0. The van der Waals surface area contributed by atoms with Gasteiger partial charge in [-0.3, -0.25) is 0 Å². The molecule has 3 heteroatoms. The molecule has 0 bridgehead atoms. The van der Waals surface area contributed by atoms with Gasteiger partial charge >= 0.3 is 0 Å². The predicted molar refractivity (Wildman–Crippen MR) is 66.2 cm³/mol. The van der Waals surface area contributed by atoms with E-state index >= 15 is 0 Å². The van der Waals surface area contributed by atoms with Crippen LogP contribution in [0.5, 0.6) is 0 Å². The minimum absolute atomic E-state index is 0.916. The smallest absolute Gasteiger partial charge is 0.122 e. The van der Waals surface area contributed by atoms with Crippen LogP contribution in [0.2, 0.25) is 0 Å². The molecule has 16 heavy (non-hydrogen) atoms. The monoisotopic (exact) mass is 221 g/mol. The van der Waals surface area contributed by atoms with E-state index in [2.05, 4.69) is 28.0 Å². The van der Waals surface area contributed by atoms with Gasteiger partial charge in [-0.2, -0.15) is 0 Å². The van der Waals surface area contributed by atoms with Crippen LogP contribution in [0.4, 0.5) is 0 Å². The van der Waals surface area contributed by atoms with Crippen molar-refractivity contribution in [3.05, 3.63) is 18.2 Å². The molecule has 1 aliphatic rings. The molecule has 0 radical (unpaired) electrons. The van der Waals surface area contributed by atoms with Crippen LogP contribution in [-0.4, -0.2) is 16.1 Å². The van der Waals surface area contributed by atoms with Crippen LogP contribution in [0, 0.1) is 5.92 Å². The van der Waals surface area contributed by atoms with Gasteiger partial charge in [-0.05, 0) is 25.3 Å². The summed E-state index contributed by atoms with van der Waals surface area (Å²) in [5.74, 6) is 2.18. The molecule has 1 aromatic rings. The topological polar surface area (TPSA) is 29.9 Å². The van der Waals surface area contributed by atoms with Crippen LogP contribution < -0.4 is 5.32 Å². The summed E-state index contributed by atoms with van der Waals surface area (Å²) in [6.45, 7) is 5.34. The molecule has 0 aromatic carbocycles. The van der Waals surface area contributed by atoms with Crippen molar-refractivity contribution in [1.29, 1.82) is 0 Å². The fourth-order valence-corrected chi connectivity index (χ4v) is 2.24. The third-order valence-corrected chi connectivity index (χ3v) is 3.50. The van der Waals surface area contributed by atoms with Crippen molar-refractivity contribution < 1.29 is 0 Å². The zero-order valence-corrected chi connectivity index (χ0v) is 10.3. The second kappa shape index (κ2) is 6.04. The van der Waals surface area contributed by atoms with Crippen LogP contribution in [0.15, 0.2) is 12.4 Å². The first-order valence-corrected chi connectivity index (χ1v) is 6.61. The molecule has 0 spiro atoms. The number of imidazole rings is 1. The molecule has 1 saturated carbocycles. The van der Waals surface area contributed by atoms with Gasteiger partial charge in [0.2, 0.25) is 0 Å². The average Bonchev–Trinajstić information content (AvgIpc) is 2.63. The minimum Gasteiger partial charge on any atom is -0.334 e. The largest absolute Gasteiger partial charge is 0.334 e. The quantitative estimate of drug-likeness (QED) is 0.717. The van der Waals surface area contributed by atoms with Gasteiger partial charge < -0.3 is 9.88 Å². The number of aryl methyl sites for hydroxylation is 1.